The Balaban J connectivity index is 1.49. The van der Waals surface area contributed by atoms with Crippen molar-refractivity contribution in [1.82, 2.24) is 24.6 Å². The van der Waals surface area contributed by atoms with E-state index in [0.717, 1.165) is 29.8 Å². The van der Waals surface area contributed by atoms with Crippen molar-refractivity contribution < 1.29 is 13.2 Å². The number of nitrogens with zero attached hydrogens (tertiary/aromatic N) is 7. The first-order valence-electron chi connectivity index (χ1n) is 8.69. The highest BCUT2D eigenvalue weighted by Crippen LogP contribution is 2.29. The lowest BCUT2D eigenvalue weighted by molar-refractivity contribution is -0.141. The predicted molar refractivity (Wildman–Crippen MR) is 93.8 cm³/mol. The number of fused-ring (bicyclic) bond motifs is 1. The van der Waals surface area contributed by atoms with Gasteiger partial charge in [-0.15, -0.1) is 10.2 Å². The Morgan fingerprint density at radius 2 is 1.74 bits per heavy atom. The standard InChI is InChI=1S/C17H18F3N7/c1-2-14-23-24-16-15(21-5-6-27(14)16)26-9-7-25(8-10-26)12-3-4-13(22-11-12)17(18,19)20/h3-6,11H,2,7-10H2,1H3. The summed E-state index contributed by atoms with van der Waals surface area (Å²) in [6.45, 7) is 4.70. The molecule has 7 nitrogen and oxygen atoms in total. The summed E-state index contributed by atoms with van der Waals surface area (Å²) in [5.74, 6) is 1.65. The fraction of sp³-hybridized carbons (Fsp3) is 0.412. The molecule has 0 bridgehead atoms. The third-order valence-corrected chi connectivity index (χ3v) is 4.68. The average molecular weight is 377 g/mol. The minimum atomic E-state index is -4.42. The van der Waals surface area contributed by atoms with Crippen LogP contribution in [0.25, 0.3) is 5.65 Å². The largest absolute Gasteiger partial charge is 0.433 e. The Bertz CT molecular complexity index is 928. The molecule has 142 valence electrons. The summed E-state index contributed by atoms with van der Waals surface area (Å²) < 4.78 is 39.9. The monoisotopic (exact) mass is 377 g/mol. The van der Waals surface area contributed by atoms with E-state index in [4.69, 9.17) is 0 Å². The van der Waals surface area contributed by atoms with Crippen molar-refractivity contribution in [2.75, 3.05) is 36.0 Å². The molecular formula is C17H18F3N7. The lowest BCUT2D eigenvalue weighted by Gasteiger charge is -2.36. The number of aromatic nitrogens is 5. The minimum absolute atomic E-state index is 0.657. The normalized spacial score (nSPS) is 15.6. The quantitative estimate of drug-likeness (QED) is 0.699. The van der Waals surface area contributed by atoms with Crippen LogP contribution in [0.1, 0.15) is 18.4 Å². The van der Waals surface area contributed by atoms with Gasteiger partial charge in [-0.2, -0.15) is 13.2 Å². The molecule has 0 saturated carbocycles. The molecule has 1 aliphatic rings. The molecule has 10 heteroatoms. The lowest BCUT2D eigenvalue weighted by atomic mass is 10.2. The molecule has 0 N–H and O–H groups in total. The first kappa shape index (κ1) is 17.5. The third-order valence-electron chi connectivity index (χ3n) is 4.68. The van der Waals surface area contributed by atoms with Gasteiger partial charge in [0.2, 0.25) is 5.65 Å². The summed E-state index contributed by atoms with van der Waals surface area (Å²) in [6.07, 6.45) is 1.22. The molecular weight excluding hydrogens is 359 g/mol. The number of piperazine rings is 1. The van der Waals surface area contributed by atoms with Crippen LogP contribution in [0.4, 0.5) is 24.7 Å². The van der Waals surface area contributed by atoms with Crippen LogP contribution in [0.15, 0.2) is 30.7 Å². The van der Waals surface area contributed by atoms with Crippen LogP contribution in [0.5, 0.6) is 0 Å². The van der Waals surface area contributed by atoms with E-state index in [-0.39, 0.29) is 0 Å². The van der Waals surface area contributed by atoms with Gasteiger partial charge < -0.3 is 9.80 Å². The molecule has 0 aromatic carbocycles. The summed E-state index contributed by atoms with van der Waals surface area (Å²) in [7, 11) is 0. The second-order valence-corrected chi connectivity index (χ2v) is 6.29. The SMILES string of the molecule is CCc1nnc2c(N3CCN(c4ccc(C(F)(F)F)nc4)CC3)nccn12. The van der Waals surface area contributed by atoms with Gasteiger partial charge in [0.15, 0.2) is 5.82 Å². The highest BCUT2D eigenvalue weighted by atomic mass is 19.4. The van der Waals surface area contributed by atoms with E-state index in [1.807, 2.05) is 22.4 Å². The van der Waals surface area contributed by atoms with E-state index >= 15 is 0 Å². The van der Waals surface area contributed by atoms with E-state index in [1.54, 1.807) is 6.20 Å². The van der Waals surface area contributed by atoms with Crippen molar-refractivity contribution in [3.63, 3.8) is 0 Å². The predicted octanol–water partition coefficient (Wildman–Crippen LogP) is 2.43. The van der Waals surface area contributed by atoms with E-state index in [0.29, 0.717) is 31.9 Å². The Kier molecular flexibility index (Phi) is 4.33. The van der Waals surface area contributed by atoms with Crippen molar-refractivity contribution >= 4 is 17.2 Å². The first-order chi connectivity index (χ1) is 13.0. The zero-order valence-corrected chi connectivity index (χ0v) is 14.7. The highest BCUT2D eigenvalue weighted by molar-refractivity contribution is 5.64. The van der Waals surface area contributed by atoms with Crippen molar-refractivity contribution in [1.29, 1.82) is 0 Å². The lowest BCUT2D eigenvalue weighted by Crippen LogP contribution is -2.47. The van der Waals surface area contributed by atoms with Gasteiger partial charge in [-0.1, -0.05) is 6.92 Å². The smallest absolute Gasteiger partial charge is 0.367 e. The molecule has 0 spiro atoms. The molecule has 27 heavy (non-hydrogen) atoms. The van der Waals surface area contributed by atoms with Gasteiger partial charge in [-0.05, 0) is 12.1 Å². The second kappa shape index (κ2) is 6.67. The zero-order valence-electron chi connectivity index (χ0n) is 14.7. The van der Waals surface area contributed by atoms with Crippen LogP contribution in [0.2, 0.25) is 0 Å². The Morgan fingerprint density at radius 1 is 1.00 bits per heavy atom. The van der Waals surface area contributed by atoms with Gasteiger partial charge in [0.05, 0.1) is 11.9 Å². The van der Waals surface area contributed by atoms with Crippen molar-refractivity contribution in [3.05, 3.63) is 42.2 Å². The van der Waals surface area contributed by atoms with Gasteiger partial charge in [0, 0.05) is 45.0 Å². The minimum Gasteiger partial charge on any atom is -0.367 e. The molecule has 1 saturated heterocycles. The number of hydrogen-bond donors (Lipinski definition) is 0. The van der Waals surface area contributed by atoms with Crippen molar-refractivity contribution in [3.8, 4) is 0 Å². The van der Waals surface area contributed by atoms with E-state index < -0.39 is 11.9 Å². The topological polar surface area (TPSA) is 62.5 Å². The van der Waals surface area contributed by atoms with Crippen LogP contribution in [-0.2, 0) is 12.6 Å². The third kappa shape index (κ3) is 3.26. The van der Waals surface area contributed by atoms with Gasteiger partial charge >= 0.3 is 6.18 Å². The highest BCUT2D eigenvalue weighted by Gasteiger charge is 2.32. The van der Waals surface area contributed by atoms with Gasteiger partial charge in [0.1, 0.15) is 11.5 Å². The number of aryl methyl sites for hydroxylation is 1. The molecule has 0 radical (unpaired) electrons. The number of hydrogen-bond acceptors (Lipinski definition) is 6. The summed E-state index contributed by atoms with van der Waals surface area (Å²) in [5.41, 5.74) is 0.530. The second-order valence-electron chi connectivity index (χ2n) is 6.29. The number of rotatable bonds is 3. The van der Waals surface area contributed by atoms with Crippen LogP contribution >= 0.6 is 0 Å². The number of anilines is 2. The molecule has 0 atom stereocenters. The van der Waals surface area contributed by atoms with Crippen LogP contribution in [0.3, 0.4) is 0 Å². The van der Waals surface area contributed by atoms with Crippen LogP contribution in [0, 0.1) is 0 Å². The molecule has 4 heterocycles. The summed E-state index contributed by atoms with van der Waals surface area (Å²) in [4.78, 5) is 12.1. The number of halogens is 3. The summed E-state index contributed by atoms with van der Waals surface area (Å²) >= 11 is 0. The molecule has 4 rings (SSSR count). The van der Waals surface area contributed by atoms with Gasteiger partial charge in [-0.25, -0.2) is 9.97 Å². The Hall–Kier alpha value is -2.91. The molecule has 0 unspecified atom stereocenters. The average Bonchev–Trinajstić information content (AvgIpc) is 3.11. The van der Waals surface area contributed by atoms with Crippen LogP contribution < -0.4 is 9.80 Å². The summed E-state index contributed by atoms with van der Waals surface area (Å²) in [6, 6.07) is 2.49. The number of pyridine rings is 1. The maximum Gasteiger partial charge on any atom is 0.433 e. The molecule has 0 aliphatic carbocycles. The Morgan fingerprint density at radius 3 is 2.37 bits per heavy atom. The van der Waals surface area contributed by atoms with Crippen molar-refractivity contribution in [2.24, 2.45) is 0 Å². The Labute approximate surface area is 153 Å². The molecule has 3 aromatic heterocycles. The molecule has 0 amide bonds. The van der Waals surface area contributed by atoms with Gasteiger partial charge in [-0.3, -0.25) is 4.40 Å². The fourth-order valence-corrected chi connectivity index (χ4v) is 3.24. The maximum absolute atomic E-state index is 12.7. The number of alkyl halides is 3. The maximum atomic E-state index is 12.7. The van der Waals surface area contributed by atoms with E-state index in [9.17, 15) is 13.2 Å². The first-order valence-corrected chi connectivity index (χ1v) is 8.69. The summed E-state index contributed by atoms with van der Waals surface area (Å²) in [5, 5.41) is 8.45. The molecule has 3 aromatic rings. The van der Waals surface area contributed by atoms with Gasteiger partial charge in [0.25, 0.3) is 0 Å². The van der Waals surface area contributed by atoms with Crippen molar-refractivity contribution in [2.45, 2.75) is 19.5 Å². The fourth-order valence-electron chi connectivity index (χ4n) is 3.24. The van der Waals surface area contributed by atoms with Crippen LogP contribution in [-0.4, -0.2) is 50.7 Å². The van der Waals surface area contributed by atoms with E-state index in [2.05, 4.69) is 25.1 Å². The van der Waals surface area contributed by atoms with E-state index in [1.165, 1.54) is 12.3 Å². The zero-order chi connectivity index (χ0) is 19.0. The molecule has 1 fully saturated rings. The molecule has 1 aliphatic heterocycles.